The van der Waals surface area contributed by atoms with Gasteiger partial charge in [-0.2, -0.15) is 11.8 Å². The normalized spacial score (nSPS) is 12.1. The van der Waals surface area contributed by atoms with Crippen molar-refractivity contribution >= 4 is 23.4 Å². The monoisotopic (exact) mass is 270 g/mol. The molecule has 3 N–H and O–H groups in total. The van der Waals surface area contributed by atoms with E-state index in [-0.39, 0.29) is 5.69 Å². The van der Waals surface area contributed by atoms with Gasteiger partial charge in [0.2, 0.25) is 0 Å². The minimum Gasteiger partial charge on any atom is -0.480 e. The molecule has 1 aromatic carbocycles. The van der Waals surface area contributed by atoms with Crippen LogP contribution >= 0.6 is 11.8 Å². The molecule has 1 unspecified atom stereocenters. The number of nitro groups is 1. The van der Waals surface area contributed by atoms with Gasteiger partial charge in [-0.3, -0.25) is 14.9 Å². The summed E-state index contributed by atoms with van der Waals surface area (Å²) in [5.74, 6) is 0.334. The summed E-state index contributed by atoms with van der Waals surface area (Å²) in [5, 5.41) is 19.0. The highest BCUT2D eigenvalue weighted by molar-refractivity contribution is 7.98. The van der Waals surface area contributed by atoms with Crippen molar-refractivity contribution in [2.45, 2.75) is 18.2 Å². The second kappa shape index (κ2) is 6.97. The van der Waals surface area contributed by atoms with Gasteiger partial charge in [-0.15, -0.1) is 0 Å². The lowest BCUT2D eigenvalue weighted by molar-refractivity contribution is -0.384. The zero-order valence-corrected chi connectivity index (χ0v) is 10.4. The molecule has 1 rings (SSSR count). The van der Waals surface area contributed by atoms with Crippen molar-refractivity contribution < 1.29 is 14.8 Å². The molecule has 0 saturated heterocycles. The van der Waals surface area contributed by atoms with Crippen LogP contribution in [0, 0.1) is 10.1 Å². The fourth-order valence-corrected chi connectivity index (χ4v) is 2.23. The molecule has 0 saturated carbocycles. The van der Waals surface area contributed by atoms with Crippen molar-refractivity contribution in [3.8, 4) is 0 Å². The number of carboxylic acid groups (broad SMARTS) is 1. The third-order valence-corrected chi connectivity index (χ3v) is 3.37. The van der Waals surface area contributed by atoms with E-state index in [1.807, 2.05) is 0 Å². The lowest BCUT2D eigenvalue weighted by atomic mass is 10.2. The summed E-state index contributed by atoms with van der Waals surface area (Å²) in [4.78, 5) is 20.5. The van der Waals surface area contributed by atoms with Gasteiger partial charge in [-0.05, 0) is 17.7 Å². The molecule has 0 fully saturated rings. The number of nitrogens with zero attached hydrogens (tertiary/aromatic N) is 1. The van der Waals surface area contributed by atoms with Crippen LogP contribution in [0.25, 0.3) is 0 Å². The van der Waals surface area contributed by atoms with Crippen molar-refractivity contribution in [2.24, 2.45) is 5.73 Å². The topological polar surface area (TPSA) is 106 Å². The van der Waals surface area contributed by atoms with E-state index in [2.05, 4.69) is 0 Å². The Hall–Kier alpha value is -1.60. The summed E-state index contributed by atoms with van der Waals surface area (Å²) in [6.45, 7) is 0. The minimum absolute atomic E-state index is 0.0663. The Labute approximate surface area is 108 Å². The molecule has 98 valence electrons. The molecule has 6 nitrogen and oxygen atoms in total. The molecule has 0 bridgehead atoms. The second-order valence-electron chi connectivity index (χ2n) is 3.71. The Morgan fingerprint density at radius 2 is 2.06 bits per heavy atom. The fraction of sp³-hybridized carbons (Fsp3) is 0.364. The number of hydrogen-bond acceptors (Lipinski definition) is 5. The molecule has 18 heavy (non-hydrogen) atoms. The van der Waals surface area contributed by atoms with Crippen LogP contribution in [0.4, 0.5) is 5.69 Å². The molecule has 0 radical (unpaired) electrons. The number of carbonyl (C=O) groups is 1. The number of rotatable bonds is 7. The van der Waals surface area contributed by atoms with Gasteiger partial charge in [0.05, 0.1) is 4.92 Å². The largest absolute Gasteiger partial charge is 0.480 e. The molecular weight excluding hydrogens is 256 g/mol. The van der Waals surface area contributed by atoms with Crippen LogP contribution in [-0.2, 0) is 10.5 Å². The highest BCUT2D eigenvalue weighted by Crippen LogP contribution is 2.17. The summed E-state index contributed by atoms with van der Waals surface area (Å²) in [7, 11) is 0. The molecule has 0 amide bonds. The van der Waals surface area contributed by atoms with Gasteiger partial charge in [-0.1, -0.05) is 12.1 Å². The molecule has 0 aliphatic rings. The lowest BCUT2D eigenvalue weighted by Crippen LogP contribution is -2.30. The van der Waals surface area contributed by atoms with Gasteiger partial charge in [0, 0.05) is 17.9 Å². The lowest BCUT2D eigenvalue weighted by Gasteiger charge is -2.05. The van der Waals surface area contributed by atoms with Gasteiger partial charge in [0.25, 0.3) is 5.69 Å². The van der Waals surface area contributed by atoms with E-state index in [1.165, 1.54) is 12.1 Å². The molecule has 7 heteroatoms. The summed E-state index contributed by atoms with van der Waals surface area (Å²) in [5.41, 5.74) is 6.39. The summed E-state index contributed by atoms with van der Waals surface area (Å²) in [6.07, 6.45) is 0.410. The maximum atomic E-state index is 10.5. The molecule has 0 heterocycles. The predicted molar refractivity (Wildman–Crippen MR) is 69.5 cm³/mol. The predicted octanol–water partition coefficient (Wildman–Crippen LogP) is 1.63. The average Bonchev–Trinajstić information content (AvgIpc) is 2.34. The fourth-order valence-electron chi connectivity index (χ4n) is 1.24. The number of nitro benzene ring substituents is 1. The Bertz CT molecular complexity index is 422. The summed E-state index contributed by atoms with van der Waals surface area (Å²) < 4.78 is 0. The smallest absolute Gasteiger partial charge is 0.320 e. The van der Waals surface area contributed by atoms with Gasteiger partial charge in [0.1, 0.15) is 6.04 Å². The van der Waals surface area contributed by atoms with Crippen molar-refractivity contribution in [2.75, 3.05) is 5.75 Å². The number of carboxylic acids is 1. The van der Waals surface area contributed by atoms with Crippen molar-refractivity contribution in [1.82, 2.24) is 0 Å². The van der Waals surface area contributed by atoms with Crippen LogP contribution in [0.15, 0.2) is 24.3 Å². The third kappa shape index (κ3) is 4.72. The zero-order chi connectivity index (χ0) is 13.5. The van der Waals surface area contributed by atoms with E-state index < -0.39 is 16.9 Å². The Morgan fingerprint density at radius 3 is 2.56 bits per heavy atom. The van der Waals surface area contributed by atoms with E-state index >= 15 is 0 Å². The van der Waals surface area contributed by atoms with Crippen LogP contribution in [-0.4, -0.2) is 27.8 Å². The summed E-state index contributed by atoms with van der Waals surface area (Å²) >= 11 is 1.55. The highest BCUT2D eigenvalue weighted by Gasteiger charge is 2.10. The molecule has 0 spiro atoms. The van der Waals surface area contributed by atoms with E-state index in [0.717, 1.165) is 5.56 Å². The van der Waals surface area contributed by atoms with E-state index in [1.54, 1.807) is 23.9 Å². The van der Waals surface area contributed by atoms with Crippen LogP contribution in [0.1, 0.15) is 12.0 Å². The van der Waals surface area contributed by atoms with Crippen LogP contribution in [0.3, 0.4) is 0 Å². The molecule has 1 aromatic rings. The Morgan fingerprint density at radius 1 is 1.44 bits per heavy atom. The first-order valence-electron chi connectivity index (χ1n) is 5.30. The number of nitrogens with two attached hydrogens (primary N) is 1. The van der Waals surface area contributed by atoms with Gasteiger partial charge in [0.15, 0.2) is 0 Å². The highest BCUT2D eigenvalue weighted by atomic mass is 32.2. The molecular formula is C11H14N2O4S. The van der Waals surface area contributed by atoms with E-state index in [9.17, 15) is 14.9 Å². The Balaban J connectivity index is 2.31. The summed E-state index contributed by atoms with van der Waals surface area (Å²) in [6, 6.07) is 5.48. The number of aliphatic carboxylic acids is 1. The molecule has 0 aromatic heterocycles. The first-order chi connectivity index (χ1) is 8.50. The van der Waals surface area contributed by atoms with E-state index in [4.69, 9.17) is 10.8 Å². The van der Waals surface area contributed by atoms with Crippen molar-refractivity contribution in [3.63, 3.8) is 0 Å². The van der Waals surface area contributed by atoms with Crippen molar-refractivity contribution in [3.05, 3.63) is 39.9 Å². The third-order valence-electron chi connectivity index (χ3n) is 2.31. The van der Waals surface area contributed by atoms with Crippen LogP contribution in [0.5, 0.6) is 0 Å². The number of hydrogen-bond donors (Lipinski definition) is 2. The van der Waals surface area contributed by atoms with E-state index in [0.29, 0.717) is 17.9 Å². The second-order valence-corrected chi connectivity index (χ2v) is 4.81. The molecule has 1 atom stereocenters. The van der Waals surface area contributed by atoms with Crippen molar-refractivity contribution in [1.29, 1.82) is 0 Å². The van der Waals surface area contributed by atoms with Gasteiger partial charge < -0.3 is 10.8 Å². The first kappa shape index (κ1) is 14.5. The SMILES string of the molecule is NC(CCSCc1ccc([N+](=O)[O-])cc1)C(=O)O. The van der Waals surface area contributed by atoms with Gasteiger partial charge >= 0.3 is 5.97 Å². The quantitative estimate of drug-likeness (QED) is 0.443. The number of non-ortho nitro benzene ring substituents is 1. The van der Waals surface area contributed by atoms with Crippen LogP contribution in [0.2, 0.25) is 0 Å². The zero-order valence-electron chi connectivity index (χ0n) is 9.61. The molecule has 0 aliphatic carbocycles. The maximum absolute atomic E-state index is 10.5. The standard InChI is InChI=1S/C11H14N2O4S/c12-10(11(14)15)5-6-18-7-8-1-3-9(4-2-8)13(16)17/h1-4,10H,5-7,12H2,(H,14,15). The molecule has 0 aliphatic heterocycles. The number of thioether (sulfide) groups is 1. The average molecular weight is 270 g/mol. The Kier molecular flexibility index (Phi) is 5.60. The minimum atomic E-state index is -0.995. The van der Waals surface area contributed by atoms with Gasteiger partial charge in [-0.25, -0.2) is 0 Å². The number of benzene rings is 1. The first-order valence-corrected chi connectivity index (χ1v) is 6.45. The maximum Gasteiger partial charge on any atom is 0.320 e. The van der Waals surface area contributed by atoms with Crippen LogP contribution < -0.4 is 5.73 Å².